The van der Waals surface area contributed by atoms with Gasteiger partial charge in [0.05, 0.1) is 19.2 Å². The van der Waals surface area contributed by atoms with Gasteiger partial charge in [-0.25, -0.2) is 0 Å². The number of nitrogens with zero attached hydrogens (tertiary/aromatic N) is 2. The first-order valence-corrected chi connectivity index (χ1v) is 10.7. The van der Waals surface area contributed by atoms with Crippen molar-refractivity contribution in [1.29, 1.82) is 0 Å². The van der Waals surface area contributed by atoms with E-state index in [9.17, 15) is 9.59 Å². The van der Waals surface area contributed by atoms with Crippen molar-refractivity contribution in [2.75, 3.05) is 13.7 Å². The maximum atomic E-state index is 13.7. The predicted molar refractivity (Wildman–Crippen MR) is 124 cm³/mol. The van der Waals surface area contributed by atoms with E-state index >= 15 is 0 Å². The zero-order chi connectivity index (χ0) is 22.5. The van der Waals surface area contributed by atoms with E-state index in [-0.39, 0.29) is 18.4 Å². The van der Waals surface area contributed by atoms with Crippen LogP contribution in [0, 0.1) is 0 Å². The summed E-state index contributed by atoms with van der Waals surface area (Å²) in [7, 11) is 1.57. The van der Waals surface area contributed by atoms with Gasteiger partial charge in [-0.1, -0.05) is 78.9 Å². The van der Waals surface area contributed by atoms with Crippen LogP contribution in [0.3, 0.4) is 0 Å². The molecule has 162 valence electrons. The normalized spacial score (nSPS) is 13.6. The minimum Gasteiger partial charge on any atom is -0.496 e. The second-order valence-corrected chi connectivity index (χ2v) is 7.61. The number of para-hydroxylation sites is 1. The van der Waals surface area contributed by atoms with Crippen LogP contribution in [0.1, 0.15) is 23.6 Å². The van der Waals surface area contributed by atoms with Crippen LogP contribution in [0.25, 0.3) is 5.57 Å². The van der Waals surface area contributed by atoms with Crippen molar-refractivity contribution in [3.05, 3.63) is 107 Å². The first-order valence-electron chi connectivity index (χ1n) is 10.7. The number of rotatable bonds is 8. The predicted octanol–water partition coefficient (Wildman–Crippen LogP) is 4.50. The molecule has 5 nitrogen and oxygen atoms in total. The summed E-state index contributed by atoms with van der Waals surface area (Å²) in [5.74, 6) is -0.0131. The molecule has 1 heterocycles. The SMILES string of the molecule is CCN(Cc1ccccc1)C1=C(c2ccccc2OC)C(=O)N(Cc2ccccc2)C1=O. The minimum absolute atomic E-state index is 0.226. The van der Waals surface area contributed by atoms with Crippen molar-refractivity contribution in [2.24, 2.45) is 0 Å². The standard InChI is InChI=1S/C27H26N2O3/c1-3-28(18-20-12-6-4-7-13-20)25-24(22-16-10-11-17-23(22)32-2)26(30)29(27(25)31)19-21-14-8-5-9-15-21/h4-17H,3,18-19H2,1-2H3. The summed E-state index contributed by atoms with van der Waals surface area (Å²) in [6, 6.07) is 26.9. The fraction of sp³-hybridized carbons (Fsp3) is 0.185. The van der Waals surface area contributed by atoms with Gasteiger partial charge < -0.3 is 9.64 Å². The third-order valence-corrected chi connectivity index (χ3v) is 5.62. The average Bonchev–Trinajstić information content (AvgIpc) is 3.08. The Morgan fingerprint density at radius 2 is 1.38 bits per heavy atom. The fourth-order valence-corrected chi connectivity index (χ4v) is 4.01. The Balaban J connectivity index is 1.80. The quantitative estimate of drug-likeness (QED) is 0.498. The minimum atomic E-state index is -0.301. The zero-order valence-corrected chi connectivity index (χ0v) is 18.3. The van der Waals surface area contributed by atoms with Gasteiger partial charge in [-0.05, 0) is 24.1 Å². The van der Waals surface area contributed by atoms with E-state index in [2.05, 4.69) is 0 Å². The van der Waals surface area contributed by atoms with Gasteiger partial charge in [0.1, 0.15) is 11.4 Å². The summed E-state index contributed by atoms with van der Waals surface area (Å²) in [5.41, 5.74) is 3.41. The summed E-state index contributed by atoms with van der Waals surface area (Å²) in [4.78, 5) is 30.6. The molecular weight excluding hydrogens is 400 g/mol. The van der Waals surface area contributed by atoms with Crippen molar-refractivity contribution in [2.45, 2.75) is 20.0 Å². The highest BCUT2D eigenvalue weighted by atomic mass is 16.5. The van der Waals surface area contributed by atoms with Crippen molar-refractivity contribution in [1.82, 2.24) is 9.80 Å². The maximum Gasteiger partial charge on any atom is 0.278 e. The lowest BCUT2D eigenvalue weighted by Gasteiger charge is -2.25. The molecule has 0 bridgehead atoms. The lowest BCUT2D eigenvalue weighted by molar-refractivity contribution is -0.138. The Labute approximate surface area is 188 Å². The number of hydrogen-bond acceptors (Lipinski definition) is 4. The van der Waals surface area contributed by atoms with Gasteiger partial charge in [0.15, 0.2) is 0 Å². The Morgan fingerprint density at radius 3 is 2.00 bits per heavy atom. The largest absolute Gasteiger partial charge is 0.496 e. The summed E-state index contributed by atoms with van der Waals surface area (Å²) in [5, 5.41) is 0. The molecule has 1 aliphatic heterocycles. The molecule has 5 heteroatoms. The molecule has 0 saturated heterocycles. The molecule has 0 unspecified atom stereocenters. The van der Waals surface area contributed by atoms with Gasteiger partial charge in [-0.15, -0.1) is 0 Å². The monoisotopic (exact) mass is 426 g/mol. The third kappa shape index (κ3) is 4.14. The highest BCUT2D eigenvalue weighted by Gasteiger charge is 2.42. The number of amides is 2. The van der Waals surface area contributed by atoms with E-state index in [1.165, 1.54) is 4.90 Å². The van der Waals surface area contributed by atoms with Crippen LogP contribution in [0.2, 0.25) is 0 Å². The molecule has 0 atom stereocenters. The van der Waals surface area contributed by atoms with E-state index in [0.717, 1.165) is 11.1 Å². The number of hydrogen-bond donors (Lipinski definition) is 0. The van der Waals surface area contributed by atoms with Gasteiger partial charge >= 0.3 is 0 Å². The molecule has 0 saturated carbocycles. The van der Waals surface area contributed by atoms with Gasteiger partial charge in [-0.2, -0.15) is 0 Å². The molecule has 0 aromatic heterocycles. The highest BCUT2D eigenvalue weighted by molar-refractivity contribution is 6.35. The molecule has 1 aliphatic rings. The topological polar surface area (TPSA) is 49.9 Å². The van der Waals surface area contributed by atoms with Gasteiger partial charge in [-0.3, -0.25) is 14.5 Å². The van der Waals surface area contributed by atoms with Crippen molar-refractivity contribution in [3.63, 3.8) is 0 Å². The molecule has 32 heavy (non-hydrogen) atoms. The van der Waals surface area contributed by atoms with E-state index in [1.807, 2.05) is 96.8 Å². The molecular formula is C27H26N2O3. The number of benzene rings is 3. The van der Waals surface area contributed by atoms with Crippen LogP contribution >= 0.6 is 0 Å². The summed E-state index contributed by atoms with van der Waals surface area (Å²) >= 11 is 0. The summed E-state index contributed by atoms with van der Waals surface area (Å²) in [6.45, 7) is 3.33. The smallest absolute Gasteiger partial charge is 0.278 e. The van der Waals surface area contributed by atoms with Crippen LogP contribution in [0.5, 0.6) is 5.75 Å². The van der Waals surface area contributed by atoms with E-state index in [0.29, 0.717) is 35.7 Å². The molecule has 3 aromatic carbocycles. The number of methoxy groups -OCH3 is 1. The fourth-order valence-electron chi connectivity index (χ4n) is 4.01. The molecule has 0 spiro atoms. The van der Waals surface area contributed by atoms with Crippen molar-refractivity contribution in [3.8, 4) is 5.75 Å². The maximum absolute atomic E-state index is 13.7. The Hall–Kier alpha value is -3.86. The van der Waals surface area contributed by atoms with Gasteiger partial charge in [0.2, 0.25) is 0 Å². The highest BCUT2D eigenvalue weighted by Crippen LogP contribution is 2.37. The number of carbonyl (C=O) groups is 2. The van der Waals surface area contributed by atoms with Crippen molar-refractivity contribution >= 4 is 17.4 Å². The zero-order valence-electron chi connectivity index (χ0n) is 18.3. The lowest BCUT2D eigenvalue weighted by atomic mass is 10.0. The number of imide groups is 1. The average molecular weight is 427 g/mol. The van der Waals surface area contributed by atoms with Crippen LogP contribution < -0.4 is 4.74 Å². The van der Waals surface area contributed by atoms with Crippen LogP contribution in [0.15, 0.2) is 90.6 Å². The van der Waals surface area contributed by atoms with Crippen LogP contribution in [-0.2, 0) is 22.7 Å². The molecule has 0 fully saturated rings. The summed E-state index contributed by atoms with van der Waals surface area (Å²) in [6.07, 6.45) is 0. The van der Waals surface area contributed by atoms with E-state index in [4.69, 9.17) is 4.74 Å². The number of ether oxygens (including phenoxy) is 1. The van der Waals surface area contributed by atoms with Crippen molar-refractivity contribution < 1.29 is 14.3 Å². The van der Waals surface area contributed by atoms with Gasteiger partial charge in [0, 0.05) is 18.7 Å². The Kier molecular flexibility index (Phi) is 6.36. The third-order valence-electron chi connectivity index (χ3n) is 5.62. The van der Waals surface area contributed by atoms with Crippen LogP contribution in [-0.4, -0.2) is 35.3 Å². The van der Waals surface area contributed by atoms with Crippen LogP contribution in [0.4, 0.5) is 0 Å². The molecule has 3 aromatic rings. The second kappa shape index (κ2) is 9.52. The number of likely N-dealkylation sites (N-methyl/N-ethyl adjacent to an activating group) is 1. The molecule has 0 aliphatic carbocycles. The lowest BCUT2D eigenvalue weighted by Crippen LogP contribution is -2.34. The first-order chi connectivity index (χ1) is 15.6. The first kappa shape index (κ1) is 21.4. The Bertz CT molecular complexity index is 1140. The second-order valence-electron chi connectivity index (χ2n) is 7.61. The Morgan fingerprint density at radius 1 is 0.781 bits per heavy atom. The summed E-state index contributed by atoms with van der Waals surface area (Å²) < 4.78 is 5.54. The van der Waals surface area contributed by atoms with E-state index in [1.54, 1.807) is 7.11 Å². The molecule has 2 amide bonds. The van der Waals surface area contributed by atoms with E-state index < -0.39 is 0 Å². The molecule has 0 radical (unpaired) electrons. The molecule has 0 N–H and O–H groups in total. The van der Waals surface area contributed by atoms with Gasteiger partial charge in [0.25, 0.3) is 11.8 Å². The number of carbonyl (C=O) groups excluding carboxylic acids is 2. The molecule has 4 rings (SSSR count).